The molecule has 1 rings (SSSR count). The number of nitrogens with zero attached hydrogens (tertiary/aromatic N) is 1. The van der Waals surface area contributed by atoms with Crippen molar-refractivity contribution < 1.29 is 8.42 Å². The molecule has 84 valence electrons. The van der Waals surface area contributed by atoms with Crippen molar-refractivity contribution in [1.29, 1.82) is 0 Å². The molecule has 0 spiro atoms. The normalized spacial score (nSPS) is 23.6. The van der Waals surface area contributed by atoms with Crippen LogP contribution >= 0.6 is 0 Å². The fourth-order valence-corrected chi connectivity index (χ4v) is 3.35. The average Bonchev–Trinajstić information content (AvgIpc) is 2.54. The molecule has 1 atom stereocenters. The van der Waals surface area contributed by atoms with Crippen molar-refractivity contribution >= 4 is 10.0 Å². The molecule has 5 heteroatoms. The Labute approximate surface area is 86.7 Å². The highest BCUT2D eigenvalue weighted by Crippen LogP contribution is 2.14. The quantitative estimate of drug-likeness (QED) is 0.739. The molecular formula is C9H20N2O2S. The minimum atomic E-state index is -3.05. The lowest BCUT2D eigenvalue weighted by atomic mass is 10.2. The molecule has 4 nitrogen and oxygen atoms in total. The van der Waals surface area contributed by atoms with Gasteiger partial charge in [0, 0.05) is 13.1 Å². The molecule has 0 bridgehead atoms. The summed E-state index contributed by atoms with van der Waals surface area (Å²) in [7, 11) is -1.39. The van der Waals surface area contributed by atoms with Crippen LogP contribution in [0.2, 0.25) is 0 Å². The van der Waals surface area contributed by atoms with E-state index in [2.05, 4.69) is 5.32 Å². The van der Waals surface area contributed by atoms with Crippen molar-refractivity contribution in [2.75, 3.05) is 25.9 Å². The Balaban J connectivity index is 2.56. The largest absolute Gasteiger partial charge is 0.316 e. The second-order valence-electron chi connectivity index (χ2n) is 4.25. The number of hydrogen-bond donors (Lipinski definition) is 1. The van der Waals surface area contributed by atoms with E-state index in [0.29, 0.717) is 5.92 Å². The van der Waals surface area contributed by atoms with Gasteiger partial charge in [-0.05, 0) is 39.3 Å². The maximum absolute atomic E-state index is 11.8. The van der Waals surface area contributed by atoms with Crippen LogP contribution in [0.3, 0.4) is 0 Å². The summed E-state index contributed by atoms with van der Waals surface area (Å²) in [6.45, 7) is 5.58. The van der Waals surface area contributed by atoms with E-state index in [1.165, 1.54) is 4.31 Å². The van der Waals surface area contributed by atoms with Crippen molar-refractivity contribution in [1.82, 2.24) is 9.62 Å². The van der Waals surface area contributed by atoms with Gasteiger partial charge in [-0.3, -0.25) is 0 Å². The Morgan fingerprint density at radius 1 is 1.50 bits per heavy atom. The van der Waals surface area contributed by atoms with E-state index in [-0.39, 0.29) is 11.8 Å². The van der Waals surface area contributed by atoms with Gasteiger partial charge >= 0.3 is 0 Å². The number of rotatable bonds is 4. The third-order valence-electron chi connectivity index (χ3n) is 2.77. The van der Waals surface area contributed by atoms with Crippen LogP contribution in [-0.4, -0.2) is 44.7 Å². The first-order valence-corrected chi connectivity index (χ1v) is 6.71. The Bertz CT molecular complexity index is 269. The molecule has 1 aliphatic rings. The fraction of sp³-hybridized carbons (Fsp3) is 1.00. The van der Waals surface area contributed by atoms with Gasteiger partial charge in [-0.25, -0.2) is 12.7 Å². The highest BCUT2D eigenvalue weighted by atomic mass is 32.2. The molecule has 0 aromatic rings. The molecule has 1 aliphatic heterocycles. The summed E-state index contributed by atoms with van der Waals surface area (Å²) >= 11 is 0. The molecule has 1 N–H and O–H groups in total. The highest BCUT2D eigenvalue weighted by Gasteiger charge is 2.26. The van der Waals surface area contributed by atoms with Gasteiger partial charge in [-0.1, -0.05) is 0 Å². The lowest BCUT2D eigenvalue weighted by Crippen LogP contribution is -2.37. The van der Waals surface area contributed by atoms with E-state index in [4.69, 9.17) is 0 Å². The monoisotopic (exact) mass is 220 g/mol. The van der Waals surface area contributed by atoms with Crippen LogP contribution in [0.5, 0.6) is 0 Å². The molecule has 14 heavy (non-hydrogen) atoms. The highest BCUT2D eigenvalue weighted by molar-refractivity contribution is 7.89. The summed E-state index contributed by atoms with van der Waals surface area (Å²) in [6, 6.07) is 0.0503. The molecule has 0 amide bonds. The zero-order chi connectivity index (χ0) is 10.8. The predicted octanol–water partition coefficient (Wildman–Crippen LogP) is 0.266. The number of sulfonamides is 1. The van der Waals surface area contributed by atoms with E-state index in [1.54, 1.807) is 7.05 Å². The first-order valence-electron chi connectivity index (χ1n) is 5.10. The van der Waals surface area contributed by atoms with Gasteiger partial charge in [-0.15, -0.1) is 0 Å². The van der Waals surface area contributed by atoms with E-state index in [9.17, 15) is 8.42 Å². The predicted molar refractivity (Wildman–Crippen MR) is 57.7 cm³/mol. The van der Waals surface area contributed by atoms with E-state index < -0.39 is 10.0 Å². The van der Waals surface area contributed by atoms with Crippen LogP contribution in [0.15, 0.2) is 0 Å². The SMILES string of the molecule is CC(C)N(C)S(=O)(=O)CC1CCNC1. The zero-order valence-electron chi connectivity index (χ0n) is 9.16. The standard InChI is InChI=1S/C9H20N2O2S/c1-8(2)11(3)14(12,13)7-9-4-5-10-6-9/h8-10H,4-7H2,1-3H3. The van der Waals surface area contributed by atoms with Crippen LogP contribution in [-0.2, 0) is 10.0 Å². The fourth-order valence-electron chi connectivity index (χ4n) is 1.59. The molecule has 0 saturated carbocycles. The van der Waals surface area contributed by atoms with E-state index in [0.717, 1.165) is 19.5 Å². The Morgan fingerprint density at radius 2 is 2.14 bits per heavy atom. The summed E-state index contributed by atoms with van der Waals surface area (Å²) < 4.78 is 25.1. The molecule has 0 aromatic heterocycles. The second kappa shape index (κ2) is 4.59. The van der Waals surface area contributed by atoms with Gasteiger partial charge in [0.2, 0.25) is 10.0 Å². The van der Waals surface area contributed by atoms with Crippen molar-refractivity contribution in [3.63, 3.8) is 0 Å². The van der Waals surface area contributed by atoms with Crippen LogP contribution in [0, 0.1) is 5.92 Å². The van der Waals surface area contributed by atoms with Crippen LogP contribution in [0.25, 0.3) is 0 Å². The van der Waals surface area contributed by atoms with Crippen LogP contribution in [0.4, 0.5) is 0 Å². The Morgan fingerprint density at radius 3 is 2.57 bits per heavy atom. The number of hydrogen-bond acceptors (Lipinski definition) is 3. The first-order chi connectivity index (χ1) is 6.43. The molecule has 1 unspecified atom stereocenters. The van der Waals surface area contributed by atoms with Gasteiger partial charge in [0.25, 0.3) is 0 Å². The van der Waals surface area contributed by atoms with Crippen molar-refractivity contribution in [3.05, 3.63) is 0 Å². The Hall–Kier alpha value is -0.130. The summed E-state index contributed by atoms with van der Waals surface area (Å²) in [6.07, 6.45) is 0.977. The molecule has 1 saturated heterocycles. The average molecular weight is 220 g/mol. The molecule has 0 radical (unpaired) electrons. The molecule has 0 aromatic carbocycles. The van der Waals surface area contributed by atoms with Crippen molar-refractivity contribution in [3.8, 4) is 0 Å². The van der Waals surface area contributed by atoms with Crippen LogP contribution < -0.4 is 5.32 Å². The smallest absolute Gasteiger partial charge is 0.214 e. The lowest BCUT2D eigenvalue weighted by molar-refractivity contribution is 0.405. The number of nitrogens with one attached hydrogen (secondary N) is 1. The van der Waals surface area contributed by atoms with Gasteiger partial charge in [0.1, 0.15) is 0 Å². The van der Waals surface area contributed by atoms with Gasteiger partial charge in [0.15, 0.2) is 0 Å². The van der Waals surface area contributed by atoms with Gasteiger partial charge < -0.3 is 5.32 Å². The summed E-state index contributed by atoms with van der Waals surface area (Å²) in [5.41, 5.74) is 0. The van der Waals surface area contributed by atoms with Gasteiger partial charge in [-0.2, -0.15) is 0 Å². The minimum absolute atomic E-state index is 0.0503. The summed E-state index contributed by atoms with van der Waals surface area (Å²) in [5.74, 6) is 0.579. The second-order valence-corrected chi connectivity index (χ2v) is 6.32. The zero-order valence-corrected chi connectivity index (χ0v) is 9.97. The topological polar surface area (TPSA) is 49.4 Å². The molecule has 1 heterocycles. The third-order valence-corrected chi connectivity index (χ3v) is 4.97. The third kappa shape index (κ3) is 2.93. The first kappa shape index (κ1) is 11.9. The minimum Gasteiger partial charge on any atom is -0.316 e. The maximum Gasteiger partial charge on any atom is 0.214 e. The molecule has 1 fully saturated rings. The lowest BCUT2D eigenvalue weighted by Gasteiger charge is -2.22. The summed E-state index contributed by atoms with van der Waals surface area (Å²) in [4.78, 5) is 0. The van der Waals surface area contributed by atoms with E-state index >= 15 is 0 Å². The summed E-state index contributed by atoms with van der Waals surface area (Å²) in [5, 5.41) is 3.18. The van der Waals surface area contributed by atoms with Gasteiger partial charge in [0.05, 0.1) is 5.75 Å². The van der Waals surface area contributed by atoms with Crippen LogP contribution in [0.1, 0.15) is 20.3 Å². The van der Waals surface area contributed by atoms with Crippen molar-refractivity contribution in [2.24, 2.45) is 5.92 Å². The van der Waals surface area contributed by atoms with Crippen molar-refractivity contribution in [2.45, 2.75) is 26.3 Å². The Kier molecular flexibility index (Phi) is 3.92. The molecular weight excluding hydrogens is 200 g/mol. The van der Waals surface area contributed by atoms with E-state index in [1.807, 2.05) is 13.8 Å². The molecule has 0 aliphatic carbocycles. The maximum atomic E-state index is 11.8.